The maximum atomic E-state index is 13.4. The summed E-state index contributed by atoms with van der Waals surface area (Å²) in [6.07, 6.45) is 1.60. The quantitative estimate of drug-likeness (QED) is 0.791. The number of halogens is 1. The van der Waals surface area contributed by atoms with E-state index in [9.17, 15) is 9.18 Å². The van der Waals surface area contributed by atoms with Gasteiger partial charge in [0.1, 0.15) is 0 Å². The Labute approximate surface area is 93.4 Å². The van der Waals surface area contributed by atoms with Crippen molar-refractivity contribution in [3.63, 3.8) is 0 Å². The van der Waals surface area contributed by atoms with E-state index in [0.29, 0.717) is 12.1 Å². The number of Topliss-reactive ketones (excluding diaryl/α,β-unsaturated/α-hetero) is 1. The summed E-state index contributed by atoms with van der Waals surface area (Å²) >= 11 is 0. The number of methoxy groups -OCH3 is 1. The molecule has 0 radical (unpaired) electrons. The van der Waals surface area contributed by atoms with Gasteiger partial charge in [-0.25, -0.2) is 4.39 Å². The monoisotopic (exact) mass is 223 g/mol. The predicted octanol–water partition coefficient (Wildman–Crippen LogP) is 1.76. The van der Waals surface area contributed by atoms with Gasteiger partial charge in [0, 0.05) is 17.5 Å². The fourth-order valence-electron chi connectivity index (χ4n) is 1.79. The summed E-state index contributed by atoms with van der Waals surface area (Å²) in [6.45, 7) is 0.333. The molecule has 0 atom stereocenters. The summed E-state index contributed by atoms with van der Waals surface area (Å²) < 4.78 is 18.2. The molecule has 0 bridgehead atoms. The Hall–Kier alpha value is -1.42. The molecule has 0 amide bonds. The molecule has 3 nitrogen and oxygen atoms in total. The van der Waals surface area contributed by atoms with Crippen molar-refractivity contribution in [2.24, 2.45) is 11.1 Å². The number of nitrogens with two attached hydrogens (primary N) is 1. The Kier molecular flexibility index (Phi) is 2.68. The third kappa shape index (κ3) is 1.69. The minimum absolute atomic E-state index is 0.0587. The number of ketones is 1. The first-order valence-corrected chi connectivity index (χ1v) is 5.21. The summed E-state index contributed by atoms with van der Waals surface area (Å²) in [5, 5.41) is 0. The van der Waals surface area contributed by atoms with Gasteiger partial charge in [-0.15, -0.1) is 0 Å². The minimum atomic E-state index is -0.513. The topological polar surface area (TPSA) is 52.3 Å². The number of carbonyl (C=O) groups excluding carboxylic acids is 1. The van der Waals surface area contributed by atoms with Crippen LogP contribution < -0.4 is 10.5 Å². The number of ether oxygens (including phenoxy) is 1. The molecule has 0 saturated heterocycles. The van der Waals surface area contributed by atoms with Crippen molar-refractivity contribution in [3.8, 4) is 5.75 Å². The Morgan fingerprint density at radius 3 is 2.69 bits per heavy atom. The summed E-state index contributed by atoms with van der Waals surface area (Å²) in [4.78, 5) is 12.0. The van der Waals surface area contributed by atoms with E-state index >= 15 is 0 Å². The van der Waals surface area contributed by atoms with Gasteiger partial charge in [-0.2, -0.15) is 0 Å². The molecule has 0 aliphatic heterocycles. The van der Waals surface area contributed by atoms with Gasteiger partial charge >= 0.3 is 0 Å². The number of benzene rings is 1. The first kappa shape index (κ1) is 11.1. The zero-order chi connectivity index (χ0) is 11.8. The van der Waals surface area contributed by atoms with Crippen molar-refractivity contribution in [1.29, 1.82) is 0 Å². The molecule has 1 aliphatic rings. The van der Waals surface area contributed by atoms with E-state index in [4.69, 9.17) is 10.5 Å². The van der Waals surface area contributed by atoms with E-state index in [1.54, 1.807) is 6.07 Å². The molecule has 1 saturated carbocycles. The molecule has 0 aromatic heterocycles. The van der Waals surface area contributed by atoms with E-state index in [1.807, 2.05) is 0 Å². The first-order chi connectivity index (χ1) is 7.63. The van der Waals surface area contributed by atoms with Gasteiger partial charge in [-0.3, -0.25) is 4.79 Å². The van der Waals surface area contributed by atoms with Crippen LogP contribution in [-0.4, -0.2) is 19.4 Å². The van der Waals surface area contributed by atoms with Crippen LogP contribution in [0.3, 0.4) is 0 Å². The van der Waals surface area contributed by atoms with Crippen molar-refractivity contribution < 1.29 is 13.9 Å². The largest absolute Gasteiger partial charge is 0.494 e. The van der Waals surface area contributed by atoms with Gasteiger partial charge in [0.25, 0.3) is 0 Å². The molecule has 0 heterocycles. The molecule has 86 valence electrons. The summed E-state index contributed by atoms with van der Waals surface area (Å²) in [6, 6.07) is 4.27. The van der Waals surface area contributed by atoms with Crippen LogP contribution in [0.2, 0.25) is 0 Å². The van der Waals surface area contributed by atoms with Crippen LogP contribution in [0, 0.1) is 11.2 Å². The molecule has 16 heavy (non-hydrogen) atoms. The van der Waals surface area contributed by atoms with Crippen molar-refractivity contribution in [1.82, 2.24) is 0 Å². The van der Waals surface area contributed by atoms with E-state index in [-0.39, 0.29) is 11.5 Å². The van der Waals surface area contributed by atoms with Crippen LogP contribution in [0.25, 0.3) is 0 Å². The third-order valence-corrected chi connectivity index (χ3v) is 3.14. The SMILES string of the molecule is COc1ccc(C(=O)C2(CN)CC2)cc1F. The van der Waals surface area contributed by atoms with Crippen LogP contribution >= 0.6 is 0 Å². The predicted molar refractivity (Wildman–Crippen MR) is 58.0 cm³/mol. The van der Waals surface area contributed by atoms with Crippen molar-refractivity contribution in [3.05, 3.63) is 29.6 Å². The second-order valence-corrected chi connectivity index (χ2v) is 4.16. The van der Waals surface area contributed by atoms with Crippen LogP contribution in [0.1, 0.15) is 23.2 Å². The normalized spacial score (nSPS) is 16.9. The second kappa shape index (κ2) is 3.87. The Morgan fingerprint density at radius 2 is 2.25 bits per heavy atom. The smallest absolute Gasteiger partial charge is 0.170 e. The van der Waals surface area contributed by atoms with Crippen molar-refractivity contribution in [2.45, 2.75) is 12.8 Å². The maximum Gasteiger partial charge on any atom is 0.170 e. The van der Waals surface area contributed by atoms with Crippen LogP contribution in [0.4, 0.5) is 4.39 Å². The van der Waals surface area contributed by atoms with Gasteiger partial charge in [0.05, 0.1) is 7.11 Å². The molecular weight excluding hydrogens is 209 g/mol. The zero-order valence-corrected chi connectivity index (χ0v) is 9.13. The average Bonchev–Trinajstić information content (AvgIpc) is 3.09. The molecule has 1 aromatic rings. The molecule has 2 rings (SSSR count). The van der Waals surface area contributed by atoms with Crippen molar-refractivity contribution in [2.75, 3.05) is 13.7 Å². The van der Waals surface area contributed by atoms with Crippen LogP contribution in [0.5, 0.6) is 5.75 Å². The summed E-state index contributed by atoms with van der Waals surface area (Å²) in [5.41, 5.74) is 5.51. The Bertz CT molecular complexity index is 427. The number of hydrogen-bond donors (Lipinski definition) is 1. The Balaban J connectivity index is 2.28. The van der Waals surface area contributed by atoms with Crippen molar-refractivity contribution >= 4 is 5.78 Å². The van der Waals surface area contributed by atoms with E-state index in [0.717, 1.165) is 12.8 Å². The fourth-order valence-corrected chi connectivity index (χ4v) is 1.79. The van der Waals surface area contributed by atoms with E-state index in [2.05, 4.69) is 0 Å². The highest BCUT2D eigenvalue weighted by molar-refractivity contribution is 6.02. The Morgan fingerprint density at radius 1 is 1.56 bits per heavy atom. The van der Waals surface area contributed by atoms with Crippen LogP contribution in [-0.2, 0) is 0 Å². The second-order valence-electron chi connectivity index (χ2n) is 4.16. The summed E-state index contributed by atoms with van der Waals surface area (Å²) in [5.74, 6) is -0.424. The first-order valence-electron chi connectivity index (χ1n) is 5.21. The summed E-state index contributed by atoms with van der Waals surface area (Å²) in [7, 11) is 1.39. The zero-order valence-electron chi connectivity index (χ0n) is 9.13. The third-order valence-electron chi connectivity index (χ3n) is 3.14. The highest BCUT2D eigenvalue weighted by Gasteiger charge is 2.48. The highest BCUT2D eigenvalue weighted by atomic mass is 19.1. The lowest BCUT2D eigenvalue weighted by atomic mass is 9.95. The van der Waals surface area contributed by atoms with Crippen LogP contribution in [0.15, 0.2) is 18.2 Å². The number of hydrogen-bond acceptors (Lipinski definition) is 3. The molecule has 0 spiro atoms. The maximum absolute atomic E-state index is 13.4. The fraction of sp³-hybridized carbons (Fsp3) is 0.417. The number of carbonyl (C=O) groups is 1. The minimum Gasteiger partial charge on any atom is -0.494 e. The van der Waals surface area contributed by atoms with Gasteiger partial charge in [-0.1, -0.05) is 0 Å². The van der Waals surface area contributed by atoms with Gasteiger partial charge < -0.3 is 10.5 Å². The van der Waals surface area contributed by atoms with Gasteiger partial charge in [0.2, 0.25) is 0 Å². The lowest BCUT2D eigenvalue weighted by Gasteiger charge is -2.11. The molecule has 2 N–H and O–H groups in total. The lowest BCUT2D eigenvalue weighted by molar-refractivity contribution is 0.0905. The lowest BCUT2D eigenvalue weighted by Crippen LogP contribution is -2.25. The highest BCUT2D eigenvalue weighted by Crippen LogP contribution is 2.47. The molecular formula is C12H14FNO2. The molecule has 1 aromatic carbocycles. The molecule has 4 heteroatoms. The van der Waals surface area contributed by atoms with Gasteiger partial charge in [0.15, 0.2) is 17.3 Å². The molecule has 0 unspecified atom stereocenters. The van der Waals surface area contributed by atoms with Gasteiger partial charge in [-0.05, 0) is 31.0 Å². The standard InChI is InChI=1S/C12H14FNO2/c1-16-10-3-2-8(6-9(10)13)11(15)12(7-14)4-5-12/h2-3,6H,4-5,7,14H2,1H3. The average molecular weight is 223 g/mol. The molecule has 1 fully saturated rings. The molecule has 1 aliphatic carbocycles. The number of rotatable bonds is 4. The van der Waals surface area contributed by atoms with E-state index in [1.165, 1.54) is 19.2 Å². The van der Waals surface area contributed by atoms with E-state index < -0.39 is 11.2 Å².